The third kappa shape index (κ3) is 6.20. The van der Waals surface area contributed by atoms with E-state index in [9.17, 15) is 4.79 Å². The molecule has 0 atom stereocenters. The number of carbonyl (C=O) groups is 1. The lowest BCUT2D eigenvalue weighted by Gasteiger charge is -2.20. The average Bonchev–Trinajstić information content (AvgIpc) is 2.36. The van der Waals surface area contributed by atoms with Gasteiger partial charge in [-0.1, -0.05) is 19.4 Å². The fourth-order valence-electron chi connectivity index (χ4n) is 1.89. The highest BCUT2D eigenvalue weighted by Crippen LogP contribution is 2.08. The first-order valence-electron chi connectivity index (χ1n) is 6.86. The highest BCUT2D eigenvalue weighted by atomic mass is 16.1. The lowest BCUT2D eigenvalue weighted by atomic mass is 10.2. The fraction of sp³-hybridized carbons (Fsp3) is 0.571. The van der Waals surface area contributed by atoms with Gasteiger partial charge in [-0.25, -0.2) is 4.98 Å². The van der Waals surface area contributed by atoms with E-state index in [0.717, 1.165) is 37.4 Å². The summed E-state index contributed by atoms with van der Waals surface area (Å²) in [7, 11) is 0. The first-order valence-corrected chi connectivity index (χ1v) is 6.86. The van der Waals surface area contributed by atoms with Gasteiger partial charge in [0.05, 0.1) is 12.2 Å². The Hall–Kier alpha value is -1.62. The molecule has 0 aliphatic carbocycles. The van der Waals surface area contributed by atoms with Gasteiger partial charge < -0.3 is 11.1 Å². The molecular formula is C14H24N4O. The second-order valence-corrected chi connectivity index (χ2v) is 4.58. The second-order valence-electron chi connectivity index (χ2n) is 4.58. The lowest BCUT2D eigenvalue weighted by molar-refractivity contribution is -0.119. The Bertz CT molecular complexity index is 395. The van der Waals surface area contributed by atoms with Crippen LogP contribution in [0.5, 0.6) is 0 Å². The van der Waals surface area contributed by atoms with Gasteiger partial charge in [0.25, 0.3) is 0 Å². The Morgan fingerprint density at radius 1 is 1.42 bits per heavy atom. The second kappa shape index (κ2) is 8.48. The highest BCUT2D eigenvalue weighted by Gasteiger charge is 2.09. The first-order chi connectivity index (χ1) is 9.15. The number of pyridine rings is 1. The molecular weight excluding hydrogens is 240 g/mol. The van der Waals surface area contributed by atoms with E-state index in [1.54, 1.807) is 0 Å². The number of nitrogens with one attached hydrogen (secondary N) is 1. The molecule has 0 aliphatic rings. The van der Waals surface area contributed by atoms with E-state index in [4.69, 9.17) is 5.73 Å². The van der Waals surface area contributed by atoms with Crippen LogP contribution in [0.4, 0.5) is 5.82 Å². The quantitative estimate of drug-likeness (QED) is 0.710. The normalized spacial score (nSPS) is 10.7. The molecule has 0 saturated carbocycles. The summed E-state index contributed by atoms with van der Waals surface area (Å²) in [5.41, 5.74) is 6.24. The highest BCUT2D eigenvalue weighted by molar-refractivity contribution is 5.75. The Labute approximate surface area is 115 Å². The van der Waals surface area contributed by atoms with Crippen LogP contribution in [0.3, 0.4) is 0 Å². The summed E-state index contributed by atoms with van der Waals surface area (Å²) >= 11 is 0. The zero-order valence-electron chi connectivity index (χ0n) is 11.9. The van der Waals surface area contributed by atoms with Crippen molar-refractivity contribution in [1.29, 1.82) is 0 Å². The van der Waals surface area contributed by atoms with Crippen molar-refractivity contribution in [2.24, 2.45) is 5.73 Å². The predicted molar refractivity (Wildman–Crippen MR) is 77.8 cm³/mol. The molecule has 19 heavy (non-hydrogen) atoms. The van der Waals surface area contributed by atoms with Gasteiger partial charge in [-0.15, -0.1) is 0 Å². The number of hydrogen-bond acceptors (Lipinski definition) is 4. The van der Waals surface area contributed by atoms with E-state index in [0.29, 0.717) is 6.54 Å². The van der Waals surface area contributed by atoms with Gasteiger partial charge in [0.2, 0.25) is 5.91 Å². The minimum Gasteiger partial charge on any atom is -0.370 e. The molecule has 1 rings (SSSR count). The maximum Gasteiger partial charge on any atom is 0.231 e. The van der Waals surface area contributed by atoms with Crippen LogP contribution >= 0.6 is 0 Å². The number of unbranched alkanes of at least 4 members (excludes halogenated alkanes) is 1. The van der Waals surface area contributed by atoms with E-state index >= 15 is 0 Å². The molecule has 1 amide bonds. The first kappa shape index (κ1) is 15.4. The van der Waals surface area contributed by atoms with Crippen LogP contribution in [-0.4, -0.2) is 35.4 Å². The molecule has 0 spiro atoms. The summed E-state index contributed by atoms with van der Waals surface area (Å²) in [6.07, 6.45) is 2.15. The summed E-state index contributed by atoms with van der Waals surface area (Å²) in [5.74, 6) is 0.577. The van der Waals surface area contributed by atoms with Gasteiger partial charge in [-0.2, -0.15) is 0 Å². The zero-order chi connectivity index (χ0) is 14.1. The van der Waals surface area contributed by atoms with Gasteiger partial charge in [-0.05, 0) is 32.0 Å². The zero-order valence-corrected chi connectivity index (χ0v) is 11.9. The van der Waals surface area contributed by atoms with E-state index in [-0.39, 0.29) is 12.5 Å². The minimum atomic E-state index is -0.293. The number of aromatic nitrogens is 1. The minimum absolute atomic E-state index is 0.285. The van der Waals surface area contributed by atoms with E-state index in [1.807, 2.05) is 30.0 Å². The monoisotopic (exact) mass is 264 g/mol. The maximum atomic E-state index is 11.1. The number of nitrogens with two attached hydrogens (primary N) is 1. The van der Waals surface area contributed by atoms with Gasteiger partial charge >= 0.3 is 0 Å². The maximum absolute atomic E-state index is 11.1. The Morgan fingerprint density at radius 2 is 2.21 bits per heavy atom. The molecule has 1 heterocycles. The van der Waals surface area contributed by atoms with Crippen LogP contribution in [-0.2, 0) is 11.3 Å². The number of hydrogen-bond donors (Lipinski definition) is 2. The Morgan fingerprint density at radius 3 is 2.84 bits per heavy atom. The summed E-state index contributed by atoms with van der Waals surface area (Å²) < 4.78 is 0. The van der Waals surface area contributed by atoms with Crippen molar-refractivity contribution in [3.05, 3.63) is 23.9 Å². The van der Waals surface area contributed by atoms with Crippen LogP contribution in [0.25, 0.3) is 0 Å². The van der Waals surface area contributed by atoms with Crippen molar-refractivity contribution in [2.75, 3.05) is 25.0 Å². The number of carbonyl (C=O) groups excluding carboxylic acids is 1. The fourth-order valence-corrected chi connectivity index (χ4v) is 1.89. The van der Waals surface area contributed by atoms with E-state index < -0.39 is 0 Å². The van der Waals surface area contributed by atoms with Crippen molar-refractivity contribution >= 4 is 11.7 Å². The van der Waals surface area contributed by atoms with Gasteiger partial charge in [0.1, 0.15) is 5.82 Å². The molecule has 1 aromatic heterocycles. The van der Waals surface area contributed by atoms with Crippen molar-refractivity contribution < 1.29 is 4.79 Å². The molecule has 5 nitrogen and oxygen atoms in total. The smallest absolute Gasteiger partial charge is 0.231 e. The Balaban J connectivity index is 2.65. The average molecular weight is 264 g/mol. The molecule has 106 valence electrons. The molecule has 0 aromatic carbocycles. The van der Waals surface area contributed by atoms with Crippen molar-refractivity contribution in [3.63, 3.8) is 0 Å². The molecule has 1 aromatic rings. The summed E-state index contributed by atoms with van der Waals surface area (Å²) in [6.45, 7) is 6.82. The molecule has 0 bridgehead atoms. The molecule has 0 aliphatic heterocycles. The summed E-state index contributed by atoms with van der Waals surface area (Å²) in [4.78, 5) is 17.6. The van der Waals surface area contributed by atoms with Crippen LogP contribution in [0.2, 0.25) is 0 Å². The predicted octanol–water partition coefficient (Wildman–Crippen LogP) is 1.60. The molecule has 5 heteroatoms. The molecule has 3 N–H and O–H groups in total. The molecule has 0 radical (unpaired) electrons. The van der Waals surface area contributed by atoms with Crippen molar-refractivity contribution in [1.82, 2.24) is 9.88 Å². The van der Waals surface area contributed by atoms with Crippen molar-refractivity contribution in [3.8, 4) is 0 Å². The SMILES string of the molecule is CCCCN(CC(N)=O)Cc1cccc(NCC)n1. The Kier molecular flexibility index (Phi) is 6.89. The summed E-state index contributed by atoms with van der Waals surface area (Å²) in [5, 5.41) is 3.18. The summed E-state index contributed by atoms with van der Waals surface area (Å²) in [6, 6.07) is 5.89. The third-order valence-electron chi connectivity index (χ3n) is 2.76. The van der Waals surface area contributed by atoms with Crippen molar-refractivity contribution in [2.45, 2.75) is 33.2 Å². The number of nitrogens with zero attached hydrogens (tertiary/aromatic N) is 2. The number of rotatable bonds is 9. The number of anilines is 1. The van der Waals surface area contributed by atoms with Crippen LogP contribution in [0.15, 0.2) is 18.2 Å². The van der Waals surface area contributed by atoms with E-state index in [2.05, 4.69) is 17.2 Å². The van der Waals surface area contributed by atoms with E-state index in [1.165, 1.54) is 0 Å². The van der Waals surface area contributed by atoms with Crippen LogP contribution in [0, 0.1) is 0 Å². The molecule has 0 unspecified atom stereocenters. The van der Waals surface area contributed by atoms with Gasteiger partial charge in [0.15, 0.2) is 0 Å². The van der Waals surface area contributed by atoms with Crippen LogP contribution in [0.1, 0.15) is 32.4 Å². The molecule has 0 saturated heterocycles. The van der Waals surface area contributed by atoms with Crippen LogP contribution < -0.4 is 11.1 Å². The number of amides is 1. The number of primary amides is 1. The third-order valence-corrected chi connectivity index (χ3v) is 2.76. The standard InChI is InChI=1S/C14H24N4O/c1-3-5-9-18(11-13(15)19)10-12-7-6-8-14(17-12)16-4-2/h6-8H,3-5,9-11H2,1-2H3,(H2,15,19)(H,16,17). The van der Waals surface area contributed by atoms with Gasteiger partial charge in [-0.3, -0.25) is 9.69 Å². The molecule has 0 fully saturated rings. The lowest BCUT2D eigenvalue weighted by Crippen LogP contribution is -2.34. The largest absolute Gasteiger partial charge is 0.370 e. The topological polar surface area (TPSA) is 71.2 Å². The van der Waals surface area contributed by atoms with Gasteiger partial charge in [0, 0.05) is 13.1 Å².